The van der Waals surface area contributed by atoms with E-state index in [0.717, 1.165) is 28.6 Å². The fourth-order valence-corrected chi connectivity index (χ4v) is 3.91. The SMILES string of the molecule is CN(C)c1ccccc1C(=O)NCCc1ccc(C[C@@H]2SC(=O)NC2=O)cc1. The molecule has 0 aliphatic carbocycles. The van der Waals surface area contributed by atoms with Gasteiger partial charge < -0.3 is 10.2 Å². The van der Waals surface area contributed by atoms with Crippen molar-refractivity contribution in [1.29, 1.82) is 0 Å². The fourth-order valence-electron chi connectivity index (χ4n) is 3.05. The Bertz CT molecular complexity index is 881. The van der Waals surface area contributed by atoms with E-state index in [9.17, 15) is 14.4 Å². The molecule has 0 saturated carbocycles. The van der Waals surface area contributed by atoms with Crippen LogP contribution in [0.1, 0.15) is 21.5 Å². The number of hydrogen-bond donors (Lipinski definition) is 2. The Morgan fingerprint density at radius 2 is 1.75 bits per heavy atom. The summed E-state index contributed by atoms with van der Waals surface area (Å²) in [5.41, 5.74) is 3.65. The van der Waals surface area contributed by atoms with E-state index in [1.807, 2.05) is 67.5 Å². The minimum Gasteiger partial charge on any atom is -0.377 e. The smallest absolute Gasteiger partial charge is 0.286 e. The summed E-state index contributed by atoms with van der Waals surface area (Å²) < 4.78 is 0. The fraction of sp³-hybridized carbons (Fsp3) is 0.286. The van der Waals surface area contributed by atoms with Crippen molar-refractivity contribution < 1.29 is 14.4 Å². The molecule has 1 aliphatic heterocycles. The highest BCUT2D eigenvalue weighted by atomic mass is 32.2. The van der Waals surface area contributed by atoms with Crippen molar-refractivity contribution in [1.82, 2.24) is 10.6 Å². The van der Waals surface area contributed by atoms with Gasteiger partial charge in [-0.2, -0.15) is 0 Å². The second-order valence-corrected chi connectivity index (χ2v) is 8.00. The van der Waals surface area contributed by atoms with Gasteiger partial charge in [0.1, 0.15) is 0 Å². The van der Waals surface area contributed by atoms with Gasteiger partial charge in [-0.1, -0.05) is 48.2 Å². The summed E-state index contributed by atoms with van der Waals surface area (Å²) in [6.45, 7) is 0.537. The molecule has 1 atom stereocenters. The van der Waals surface area contributed by atoms with Gasteiger partial charge in [0, 0.05) is 26.3 Å². The van der Waals surface area contributed by atoms with Gasteiger partial charge in [0.25, 0.3) is 11.1 Å². The Kier molecular flexibility index (Phi) is 6.36. The maximum absolute atomic E-state index is 12.5. The number of rotatable bonds is 7. The number of benzene rings is 2. The number of para-hydroxylation sites is 1. The Hall–Kier alpha value is -2.80. The number of nitrogens with one attached hydrogen (secondary N) is 2. The van der Waals surface area contributed by atoms with Crippen LogP contribution in [0.2, 0.25) is 0 Å². The molecule has 1 saturated heterocycles. The first-order chi connectivity index (χ1) is 13.4. The van der Waals surface area contributed by atoms with Crippen LogP contribution in [0.4, 0.5) is 10.5 Å². The van der Waals surface area contributed by atoms with E-state index < -0.39 is 0 Å². The normalized spacial score (nSPS) is 16.0. The number of imide groups is 1. The zero-order chi connectivity index (χ0) is 20.1. The Balaban J connectivity index is 1.51. The molecule has 1 fully saturated rings. The molecular weight excluding hydrogens is 374 g/mol. The third-order valence-electron chi connectivity index (χ3n) is 4.54. The van der Waals surface area contributed by atoms with Gasteiger partial charge in [-0.25, -0.2) is 0 Å². The Morgan fingerprint density at radius 1 is 1.07 bits per heavy atom. The maximum atomic E-state index is 12.5. The predicted molar refractivity (Wildman–Crippen MR) is 112 cm³/mol. The summed E-state index contributed by atoms with van der Waals surface area (Å²) in [4.78, 5) is 37.3. The van der Waals surface area contributed by atoms with Crippen molar-refractivity contribution in [3.63, 3.8) is 0 Å². The van der Waals surface area contributed by atoms with Crippen LogP contribution < -0.4 is 15.5 Å². The van der Waals surface area contributed by atoms with Crippen LogP contribution in [0, 0.1) is 0 Å². The summed E-state index contributed by atoms with van der Waals surface area (Å²) in [6, 6.07) is 15.4. The first-order valence-electron chi connectivity index (χ1n) is 9.08. The number of hydrogen-bond acceptors (Lipinski definition) is 5. The van der Waals surface area contributed by atoms with E-state index in [1.165, 1.54) is 0 Å². The zero-order valence-corrected chi connectivity index (χ0v) is 16.7. The highest BCUT2D eigenvalue weighted by Gasteiger charge is 2.31. The molecule has 7 heteroatoms. The van der Waals surface area contributed by atoms with Crippen LogP contribution >= 0.6 is 11.8 Å². The summed E-state index contributed by atoms with van der Waals surface area (Å²) >= 11 is 1.04. The van der Waals surface area contributed by atoms with Crippen LogP contribution in [-0.2, 0) is 17.6 Å². The minimum atomic E-state index is -0.352. The lowest BCUT2D eigenvalue weighted by atomic mass is 10.0. The molecule has 6 nitrogen and oxygen atoms in total. The average molecular weight is 398 g/mol. The summed E-state index contributed by atoms with van der Waals surface area (Å²) in [6.07, 6.45) is 1.24. The second-order valence-electron chi connectivity index (χ2n) is 6.82. The van der Waals surface area contributed by atoms with Crippen molar-refractivity contribution in [2.24, 2.45) is 0 Å². The van der Waals surface area contributed by atoms with Gasteiger partial charge in [-0.05, 0) is 36.1 Å². The third-order valence-corrected chi connectivity index (χ3v) is 5.52. The second kappa shape index (κ2) is 8.93. The molecule has 0 radical (unpaired) electrons. The van der Waals surface area contributed by atoms with Crippen LogP contribution in [0.5, 0.6) is 0 Å². The first kappa shape index (κ1) is 19.9. The topological polar surface area (TPSA) is 78.5 Å². The van der Waals surface area contributed by atoms with Crippen LogP contribution in [-0.4, -0.2) is 42.9 Å². The van der Waals surface area contributed by atoms with E-state index in [0.29, 0.717) is 24.9 Å². The Labute approximate surface area is 168 Å². The quantitative estimate of drug-likeness (QED) is 0.751. The van der Waals surface area contributed by atoms with Crippen molar-refractivity contribution in [3.05, 3.63) is 65.2 Å². The lowest BCUT2D eigenvalue weighted by molar-refractivity contribution is -0.118. The van der Waals surface area contributed by atoms with E-state index >= 15 is 0 Å². The third kappa shape index (κ3) is 4.92. The van der Waals surface area contributed by atoms with Crippen molar-refractivity contribution in [2.75, 3.05) is 25.5 Å². The lowest BCUT2D eigenvalue weighted by Gasteiger charge is -2.17. The van der Waals surface area contributed by atoms with Crippen LogP contribution in [0.15, 0.2) is 48.5 Å². The first-order valence-corrected chi connectivity index (χ1v) is 9.96. The summed E-state index contributed by atoms with van der Waals surface area (Å²) in [5.74, 6) is -0.311. The molecule has 1 heterocycles. The van der Waals surface area contributed by atoms with Gasteiger partial charge in [0.2, 0.25) is 5.91 Å². The molecule has 3 rings (SSSR count). The Morgan fingerprint density at radius 3 is 2.39 bits per heavy atom. The molecular formula is C21H23N3O3S. The monoisotopic (exact) mass is 397 g/mol. The van der Waals surface area contributed by atoms with Crippen molar-refractivity contribution >= 4 is 34.5 Å². The van der Waals surface area contributed by atoms with Crippen LogP contribution in [0.3, 0.4) is 0 Å². The standard InChI is InChI=1S/C21H23N3O3S/c1-24(2)17-6-4-3-5-16(17)19(25)22-12-11-14-7-9-15(10-8-14)13-18-20(26)23-21(27)28-18/h3-10,18H,11-13H2,1-2H3,(H,22,25)(H,23,26,27)/t18-/m0/s1. The molecule has 2 N–H and O–H groups in total. The molecule has 28 heavy (non-hydrogen) atoms. The molecule has 2 aromatic carbocycles. The molecule has 0 bridgehead atoms. The van der Waals surface area contributed by atoms with Gasteiger partial charge in [0.05, 0.1) is 10.8 Å². The maximum Gasteiger partial charge on any atom is 0.286 e. The van der Waals surface area contributed by atoms with Crippen molar-refractivity contribution in [3.8, 4) is 0 Å². The largest absolute Gasteiger partial charge is 0.377 e. The van der Waals surface area contributed by atoms with Crippen LogP contribution in [0.25, 0.3) is 0 Å². The molecule has 2 aromatic rings. The number of thioether (sulfide) groups is 1. The summed E-state index contributed by atoms with van der Waals surface area (Å²) in [5, 5.41) is 4.64. The molecule has 146 valence electrons. The predicted octanol–water partition coefficient (Wildman–Crippen LogP) is 2.62. The molecule has 0 unspecified atom stereocenters. The number of anilines is 1. The highest BCUT2D eigenvalue weighted by Crippen LogP contribution is 2.23. The molecule has 3 amide bonds. The molecule has 1 aliphatic rings. The van der Waals surface area contributed by atoms with E-state index in [4.69, 9.17) is 0 Å². The van der Waals surface area contributed by atoms with Gasteiger partial charge >= 0.3 is 0 Å². The average Bonchev–Trinajstić information content (AvgIpc) is 3.00. The molecule has 0 spiro atoms. The van der Waals surface area contributed by atoms with E-state index in [1.54, 1.807) is 0 Å². The van der Waals surface area contributed by atoms with Gasteiger partial charge in [0.15, 0.2) is 0 Å². The summed E-state index contributed by atoms with van der Waals surface area (Å²) in [7, 11) is 3.83. The van der Waals surface area contributed by atoms with Crippen molar-refractivity contribution in [2.45, 2.75) is 18.1 Å². The highest BCUT2D eigenvalue weighted by molar-refractivity contribution is 8.15. The molecule has 0 aromatic heterocycles. The zero-order valence-electron chi connectivity index (χ0n) is 15.9. The van der Waals surface area contributed by atoms with Gasteiger partial charge in [-0.3, -0.25) is 19.7 Å². The minimum absolute atomic E-state index is 0.0881. The van der Waals surface area contributed by atoms with Gasteiger partial charge in [-0.15, -0.1) is 0 Å². The lowest BCUT2D eigenvalue weighted by Crippen LogP contribution is -2.27. The number of amides is 3. The number of carbonyl (C=O) groups excluding carboxylic acids is 3. The number of carbonyl (C=O) groups is 3. The number of nitrogens with zero attached hydrogens (tertiary/aromatic N) is 1. The van der Waals surface area contributed by atoms with E-state index in [-0.39, 0.29) is 22.3 Å². The van der Waals surface area contributed by atoms with E-state index in [2.05, 4.69) is 10.6 Å².